The van der Waals surface area contributed by atoms with Crippen LogP contribution < -0.4 is 10.6 Å². The molecular weight excluding hydrogens is 264 g/mol. The highest BCUT2D eigenvalue weighted by molar-refractivity contribution is 9.10. The zero-order valence-electron chi connectivity index (χ0n) is 9.54. The van der Waals surface area contributed by atoms with Crippen LogP contribution in [-0.4, -0.2) is 12.6 Å². The SMILES string of the molecule is CC12CCN(c3cc(Br)ccc3N)C(C1)C2. The minimum absolute atomic E-state index is 0.627. The van der Waals surface area contributed by atoms with Crippen LogP contribution in [0.3, 0.4) is 0 Å². The molecule has 3 heteroatoms. The van der Waals surface area contributed by atoms with Gasteiger partial charge in [0.1, 0.15) is 0 Å². The Bertz CT molecular complexity index is 418. The van der Waals surface area contributed by atoms with E-state index in [2.05, 4.69) is 33.8 Å². The molecule has 2 bridgehead atoms. The monoisotopic (exact) mass is 280 g/mol. The zero-order valence-corrected chi connectivity index (χ0v) is 11.1. The number of hydrogen-bond donors (Lipinski definition) is 1. The first kappa shape index (κ1) is 10.5. The molecule has 86 valence electrons. The first-order valence-electron chi connectivity index (χ1n) is 5.89. The summed E-state index contributed by atoms with van der Waals surface area (Å²) in [6.45, 7) is 3.56. The highest BCUT2D eigenvalue weighted by Crippen LogP contribution is 2.52. The Labute approximate surface area is 105 Å². The number of nitrogens with zero attached hydrogens (tertiary/aromatic N) is 1. The standard InChI is InChI=1S/C13H17BrN2/c1-13-4-5-16(10(7-13)8-13)12-6-9(14)2-3-11(12)15/h2-3,6,10H,4-5,7-8,15H2,1H3. The molecule has 2 heterocycles. The number of nitrogen functional groups attached to an aromatic ring is 1. The first-order valence-corrected chi connectivity index (χ1v) is 6.68. The third-order valence-corrected chi connectivity index (χ3v) is 4.65. The normalized spacial score (nSPS) is 32.4. The molecule has 1 aromatic rings. The lowest BCUT2D eigenvalue weighted by atomic mass is 9.61. The van der Waals surface area contributed by atoms with Crippen LogP contribution in [0.1, 0.15) is 26.2 Å². The fourth-order valence-corrected chi connectivity index (χ4v) is 3.51. The van der Waals surface area contributed by atoms with Crippen molar-refractivity contribution in [3.05, 3.63) is 22.7 Å². The zero-order chi connectivity index (χ0) is 11.3. The summed E-state index contributed by atoms with van der Waals surface area (Å²) in [6, 6.07) is 6.87. The molecule has 2 aliphatic heterocycles. The maximum atomic E-state index is 6.07. The van der Waals surface area contributed by atoms with Crippen LogP contribution in [0.5, 0.6) is 0 Å². The molecule has 0 spiro atoms. The number of anilines is 2. The first-order chi connectivity index (χ1) is 7.57. The molecule has 16 heavy (non-hydrogen) atoms. The van der Waals surface area contributed by atoms with Crippen molar-refractivity contribution in [2.45, 2.75) is 32.2 Å². The molecule has 0 radical (unpaired) electrons. The topological polar surface area (TPSA) is 29.3 Å². The second-order valence-electron chi connectivity index (χ2n) is 5.52. The van der Waals surface area contributed by atoms with Gasteiger partial charge in [-0.25, -0.2) is 0 Å². The molecule has 1 aromatic carbocycles. The number of fused-ring (bicyclic) bond motifs is 2. The van der Waals surface area contributed by atoms with Gasteiger partial charge in [-0.15, -0.1) is 0 Å². The van der Waals surface area contributed by atoms with Crippen LogP contribution >= 0.6 is 15.9 Å². The smallest absolute Gasteiger partial charge is 0.0613 e. The van der Waals surface area contributed by atoms with Crippen LogP contribution in [0.15, 0.2) is 22.7 Å². The van der Waals surface area contributed by atoms with Crippen LogP contribution in [0.25, 0.3) is 0 Å². The van der Waals surface area contributed by atoms with Crippen molar-refractivity contribution in [2.75, 3.05) is 17.2 Å². The minimum Gasteiger partial charge on any atom is -0.397 e. The predicted molar refractivity (Wildman–Crippen MR) is 71.6 cm³/mol. The van der Waals surface area contributed by atoms with Gasteiger partial charge in [-0.2, -0.15) is 0 Å². The summed E-state index contributed by atoms with van der Waals surface area (Å²) < 4.78 is 1.12. The van der Waals surface area contributed by atoms with Crippen molar-refractivity contribution in [3.63, 3.8) is 0 Å². The fraction of sp³-hybridized carbons (Fsp3) is 0.538. The van der Waals surface area contributed by atoms with E-state index < -0.39 is 0 Å². The maximum Gasteiger partial charge on any atom is 0.0613 e. The van der Waals surface area contributed by atoms with Gasteiger partial charge >= 0.3 is 0 Å². The summed E-state index contributed by atoms with van der Waals surface area (Å²) in [5, 5.41) is 0. The summed E-state index contributed by atoms with van der Waals surface area (Å²) in [4.78, 5) is 2.49. The third-order valence-electron chi connectivity index (χ3n) is 4.16. The summed E-state index contributed by atoms with van der Waals surface area (Å²) in [7, 11) is 0. The average Bonchev–Trinajstić information content (AvgIpc) is 2.21. The second-order valence-corrected chi connectivity index (χ2v) is 6.43. The molecule has 2 nitrogen and oxygen atoms in total. The minimum atomic E-state index is 0.627. The molecule has 2 saturated heterocycles. The molecule has 2 N–H and O–H groups in total. The Morgan fingerprint density at radius 1 is 1.44 bits per heavy atom. The number of hydrogen-bond acceptors (Lipinski definition) is 2. The van der Waals surface area contributed by atoms with E-state index in [1.54, 1.807) is 0 Å². The fourth-order valence-electron chi connectivity index (χ4n) is 3.16. The van der Waals surface area contributed by atoms with Gasteiger partial charge in [-0.05, 0) is 42.9 Å². The van der Waals surface area contributed by atoms with Gasteiger partial charge in [0.05, 0.1) is 11.4 Å². The van der Waals surface area contributed by atoms with Crippen molar-refractivity contribution in [3.8, 4) is 0 Å². The summed E-state index contributed by atoms with van der Waals surface area (Å²) >= 11 is 3.52. The molecule has 3 fully saturated rings. The van der Waals surface area contributed by atoms with E-state index in [9.17, 15) is 0 Å². The summed E-state index contributed by atoms with van der Waals surface area (Å²) in [5.74, 6) is 0. The Morgan fingerprint density at radius 3 is 2.81 bits per heavy atom. The Morgan fingerprint density at radius 2 is 2.19 bits per heavy atom. The number of halogens is 1. The Kier molecular flexibility index (Phi) is 2.22. The van der Waals surface area contributed by atoms with E-state index in [0.717, 1.165) is 22.7 Å². The molecule has 1 aliphatic carbocycles. The van der Waals surface area contributed by atoms with E-state index in [1.807, 2.05) is 12.1 Å². The largest absolute Gasteiger partial charge is 0.397 e. The Balaban J connectivity index is 1.90. The predicted octanol–water partition coefficient (Wildman–Crippen LogP) is 3.41. The summed E-state index contributed by atoms with van der Waals surface area (Å²) in [5.41, 5.74) is 8.81. The van der Waals surface area contributed by atoms with Crippen LogP contribution in [0.4, 0.5) is 11.4 Å². The summed E-state index contributed by atoms with van der Waals surface area (Å²) in [6.07, 6.45) is 3.97. The van der Waals surface area contributed by atoms with E-state index >= 15 is 0 Å². The molecular formula is C13H17BrN2. The van der Waals surface area contributed by atoms with Gasteiger partial charge in [0, 0.05) is 17.1 Å². The van der Waals surface area contributed by atoms with Crippen LogP contribution in [0.2, 0.25) is 0 Å². The van der Waals surface area contributed by atoms with Gasteiger partial charge in [-0.3, -0.25) is 0 Å². The maximum absolute atomic E-state index is 6.07. The van der Waals surface area contributed by atoms with Crippen molar-refractivity contribution < 1.29 is 0 Å². The van der Waals surface area contributed by atoms with Crippen molar-refractivity contribution in [1.82, 2.24) is 0 Å². The van der Waals surface area contributed by atoms with E-state index in [4.69, 9.17) is 5.73 Å². The molecule has 0 amide bonds. The van der Waals surface area contributed by atoms with Crippen molar-refractivity contribution >= 4 is 27.3 Å². The second kappa shape index (κ2) is 3.39. The van der Waals surface area contributed by atoms with Crippen LogP contribution in [0, 0.1) is 5.41 Å². The number of nitrogens with two attached hydrogens (primary N) is 1. The number of piperidine rings is 2. The molecule has 3 aliphatic rings. The van der Waals surface area contributed by atoms with Gasteiger partial charge in [0.25, 0.3) is 0 Å². The van der Waals surface area contributed by atoms with Crippen molar-refractivity contribution in [2.24, 2.45) is 5.41 Å². The lowest BCUT2D eigenvalue weighted by Gasteiger charge is -2.57. The van der Waals surface area contributed by atoms with E-state index in [0.29, 0.717) is 5.41 Å². The van der Waals surface area contributed by atoms with E-state index in [-0.39, 0.29) is 0 Å². The van der Waals surface area contributed by atoms with Gasteiger partial charge in [0.15, 0.2) is 0 Å². The molecule has 0 unspecified atom stereocenters. The van der Waals surface area contributed by atoms with Gasteiger partial charge < -0.3 is 10.6 Å². The quantitative estimate of drug-likeness (QED) is 0.799. The van der Waals surface area contributed by atoms with Crippen LogP contribution in [-0.2, 0) is 0 Å². The molecule has 0 aromatic heterocycles. The molecule has 0 atom stereocenters. The van der Waals surface area contributed by atoms with Gasteiger partial charge in [0.2, 0.25) is 0 Å². The van der Waals surface area contributed by atoms with E-state index in [1.165, 1.54) is 24.9 Å². The van der Waals surface area contributed by atoms with Crippen molar-refractivity contribution in [1.29, 1.82) is 0 Å². The highest BCUT2D eigenvalue weighted by atomic mass is 79.9. The highest BCUT2D eigenvalue weighted by Gasteiger charge is 2.47. The third kappa shape index (κ3) is 1.53. The molecule has 4 rings (SSSR count). The molecule has 1 saturated carbocycles. The number of benzene rings is 1. The number of rotatable bonds is 1. The lowest BCUT2D eigenvalue weighted by Crippen LogP contribution is -2.57. The Hall–Kier alpha value is -0.700. The van der Waals surface area contributed by atoms with Gasteiger partial charge in [-0.1, -0.05) is 22.9 Å². The lowest BCUT2D eigenvalue weighted by molar-refractivity contribution is 0.0752. The average molecular weight is 281 g/mol.